The van der Waals surface area contributed by atoms with Gasteiger partial charge in [0.05, 0.1) is 18.4 Å². The molecule has 0 atom stereocenters. The van der Waals surface area contributed by atoms with E-state index in [0.717, 1.165) is 0 Å². The minimum absolute atomic E-state index is 0.107. The van der Waals surface area contributed by atoms with E-state index in [9.17, 15) is 4.79 Å². The standard InChI is InChI=1S/C13H15N3O3/c1-16-6-5-9(15-16)8-19-13(17)11-7-10(18-2)3-4-12(11)14/h3-7H,8,14H2,1-2H3. The van der Waals surface area contributed by atoms with Gasteiger partial charge in [-0.1, -0.05) is 0 Å². The number of hydrogen-bond donors (Lipinski definition) is 1. The zero-order chi connectivity index (χ0) is 13.8. The zero-order valence-electron chi connectivity index (χ0n) is 10.8. The molecule has 2 N–H and O–H groups in total. The molecule has 1 aromatic carbocycles. The second-order valence-electron chi connectivity index (χ2n) is 4.01. The summed E-state index contributed by atoms with van der Waals surface area (Å²) >= 11 is 0. The van der Waals surface area contributed by atoms with Crippen LogP contribution in [-0.2, 0) is 18.4 Å². The van der Waals surface area contributed by atoms with Gasteiger partial charge in [0.15, 0.2) is 0 Å². The Kier molecular flexibility index (Phi) is 3.70. The molecule has 6 nitrogen and oxygen atoms in total. The Bertz CT molecular complexity index is 593. The number of ether oxygens (including phenoxy) is 2. The first-order valence-electron chi connectivity index (χ1n) is 5.69. The Balaban J connectivity index is 2.07. The lowest BCUT2D eigenvalue weighted by molar-refractivity contribution is 0.0468. The minimum Gasteiger partial charge on any atom is -0.497 e. The lowest BCUT2D eigenvalue weighted by atomic mass is 10.2. The summed E-state index contributed by atoms with van der Waals surface area (Å²) in [6.45, 7) is 0.107. The number of methoxy groups -OCH3 is 1. The summed E-state index contributed by atoms with van der Waals surface area (Å²) < 4.78 is 11.8. The smallest absolute Gasteiger partial charge is 0.340 e. The van der Waals surface area contributed by atoms with Gasteiger partial charge in [-0.2, -0.15) is 5.10 Å². The first kappa shape index (κ1) is 12.9. The van der Waals surface area contributed by atoms with Crippen molar-refractivity contribution in [1.82, 2.24) is 9.78 Å². The average Bonchev–Trinajstić information content (AvgIpc) is 2.82. The quantitative estimate of drug-likeness (QED) is 0.664. The van der Waals surface area contributed by atoms with Crippen LogP contribution >= 0.6 is 0 Å². The van der Waals surface area contributed by atoms with E-state index in [1.54, 1.807) is 42.2 Å². The number of benzene rings is 1. The molecule has 0 spiro atoms. The van der Waals surface area contributed by atoms with E-state index in [2.05, 4.69) is 5.10 Å². The van der Waals surface area contributed by atoms with Crippen molar-refractivity contribution in [3.63, 3.8) is 0 Å². The van der Waals surface area contributed by atoms with Gasteiger partial charge in [-0.3, -0.25) is 4.68 Å². The second-order valence-corrected chi connectivity index (χ2v) is 4.01. The Labute approximate surface area is 110 Å². The predicted octanol–water partition coefficient (Wildman–Crippen LogP) is 1.37. The molecule has 1 heterocycles. The van der Waals surface area contributed by atoms with Crippen LogP contribution in [0.5, 0.6) is 5.75 Å². The molecule has 100 valence electrons. The number of aryl methyl sites for hydroxylation is 1. The third-order valence-corrected chi connectivity index (χ3v) is 2.60. The van der Waals surface area contributed by atoms with Crippen LogP contribution in [0.15, 0.2) is 30.5 Å². The summed E-state index contributed by atoms with van der Waals surface area (Å²) in [6.07, 6.45) is 1.78. The van der Waals surface area contributed by atoms with Gasteiger partial charge in [0.25, 0.3) is 0 Å². The van der Waals surface area contributed by atoms with Crippen LogP contribution in [0.2, 0.25) is 0 Å². The molecule has 19 heavy (non-hydrogen) atoms. The van der Waals surface area contributed by atoms with E-state index < -0.39 is 5.97 Å². The first-order chi connectivity index (χ1) is 9.10. The fraction of sp³-hybridized carbons (Fsp3) is 0.231. The molecule has 0 fully saturated rings. The normalized spacial score (nSPS) is 10.2. The van der Waals surface area contributed by atoms with Crippen LogP contribution in [-0.4, -0.2) is 22.9 Å². The summed E-state index contributed by atoms with van der Waals surface area (Å²) in [5.41, 5.74) is 7.06. The number of anilines is 1. The van der Waals surface area contributed by atoms with Gasteiger partial charge in [0.1, 0.15) is 12.4 Å². The summed E-state index contributed by atoms with van der Waals surface area (Å²) in [5.74, 6) is 0.0565. The highest BCUT2D eigenvalue weighted by Crippen LogP contribution is 2.20. The fourth-order valence-electron chi connectivity index (χ4n) is 1.60. The number of carbonyl (C=O) groups excluding carboxylic acids is 1. The predicted molar refractivity (Wildman–Crippen MR) is 69.7 cm³/mol. The van der Waals surface area contributed by atoms with E-state index in [4.69, 9.17) is 15.2 Å². The Hall–Kier alpha value is -2.50. The number of carbonyl (C=O) groups is 1. The number of aromatic nitrogens is 2. The largest absolute Gasteiger partial charge is 0.497 e. The molecule has 0 aliphatic heterocycles. The first-order valence-corrected chi connectivity index (χ1v) is 5.69. The highest BCUT2D eigenvalue weighted by Gasteiger charge is 2.13. The SMILES string of the molecule is COc1ccc(N)c(C(=O)OCc2ccn(C)n2)c1. The van der Waals surface area contributed by atoms with Crippen LogP contribution < -0.4 is 10.5 Å². The van der Waals surface area contributed by atoms with Crippen molar-refractivity contribution < 1.29 is 14.3 Å². The van der Waals surface area contributed by atoms with Crippen molar-refractivity contribution in [3.8, 4) is 5.75 Å². The van der Waals surface area contributed by atoms with E-state index >= 15 is 0 Å². The maximum atomic E-state index is 11.9. The molecule has 2 rings (SSSR count). The number of nitrogen functional groups attached to an aromatic ring is 1. The van der Waals surface area contributed by atoms with Gasteiger partial charge in [0.2, 0.25) is 0 Å². The van der Waals surface area contributed by atoms with Gasteiger partial charge < -0.3 is 15.2 Å². The van der Waals surface area contributed by atoms with Crippen LogP contribution in [0.1, 0.15) is 16.1 Å². The lowest BCUT2D eigenvalue weighted by Gasteiger charge is -2.07. The monoisotopic (exact) mass is 261 g/mol. The Morgan fingerprint density at radius 2 is 2.21 bits per heavy atom. The molecule has 0 aliphatic carbocycles. The number of hydrogen-bond acceptors (Lipinski definition) is 5. The molecule has 0 radical (unpaired) electrons. The molecule has 0 bridgehead atoms. The van der Waals surface area contributed by atoms with Crippen LogP contribution in [0.25, 0.3) is 0 Å². The molecule has 0 amide bonds. The number of nitrogens with two attached hydrogens (primary N) is 1. The maximum Gasteiger partial charge on any atom is 0.340 e. The van der Waals surface area contributed by atoms with Crippen LogP contribution in [0, 0.1) is 0 Å². The van der Waals surface area contributed by atoms with Crippen molar-refractivity contribution in [2.24, 2.45) is 7.05 Å². The molecule has 0 saturated heterocycles. The minimum atomic E-state index is -0.498. The zero-order valence-corrected chi connectivity index (χ0v) is 10.8. The molecule has 0 saturated carbocycles. The van der Waals surface area contributed by atoms with Gasteiger partial charge >= 0.3 is 5.97 Å². The van der Waals surface area contributed by atoms with Crippen molar-refractivity contribution in [1.29, 1.82) is 0 Å². The third kappa shape index (κ3) is 3.04. The number of rotatable bonds is 4. The molecule has 1 aromatic heterocycles. The van der Waals surface area contributed by atoms with Crippen molar-refractivity contribution >= 4 is 11.7 Å². The van der Waals surface area contributed by atoms with Crippen LogP contribution in [0.4, 0.5) is 5.69 Å². The highest BCUT2D eigenvalue weighted by molar-refractivity contribution is 5.95. The van der Waals surface area contributed by atoms with Gasteiger partial charge in [-0.05, 0) is 24.3 Å². The van der Waals surface area contributed by atoms with E-state index in [1.807, 2.05) is 0 Å². The Morgan fingerprint density at radius 1 is 1.42 bits per heavy atom. The molecule has 0 unspecified atom stereocenters. The van der Waals surface area contributed by atoms with Crippen molar-refractivity contribution in [2.45, 2.75) is 6.61 Å². The molecule has 6 heteroatoms. The number of esters is 1. The van der Waals surface area contributed by atoms with Gasteiger partial charge in [0, 0.05) is 18.9 Å². The fourth-order valence-corrected chi connectivity index (χ4v) is 1.60. The molecule has 0 aliphatic rings. The average molecular weight is 261 g/mol. The lowest BCUT2D eigenvalue weighted by Crippen LogP contribution is -2.09. The topological polar surface area (TPSA) is 79.4 Å². The molecule has 2 aromatic rings. The van der Waals surface area contributed by atoms with Gasteiger partial charge in [-0.15, -0.1) is 0 Å². The van der Waals surface area contributed by atoms with E-state index in [0.29, 0.717) is 17.1 Å². The maximum absolute atomic E-state index is 11.9. The highest BCUT2D eigenvalue weighted by atomic mass is 16.5. The van der Waals surface area contributed by atoms with Crippen molar-refractivity contribution in [2.75, 3.05) is 12.8 Å². The van der Waals surface area contributed by atoms with Gasteiger partial charge in [-0.25, -0.2) is 4.79 Å². The van der Waals surface area contributed by atoms with Crippen molar-refractivity contribution in [3.05, 3.63) is 41.7 Å². The summed E-state index contributed by atoms with van der Waals surface area (Å²) in [4.78, 5) is 11.9. The van der Waals surface area contributed by atoms with Crippen LogP contribution in [0.3, 0.4) is 0 Å². The summed E-state index contributed by atoms with van der Waals surface area (Å²) in [7, 11) is 3.32. The molecular formula is C13H15N3O3. The van der Waals surface area contributed by atoms with E-state index in [-0.39, 0.29) is 12.2 Å². The third-order valence-electron chi connectivity index (χ3n) is 2.60. The molecular weight excluding hydrogens is 246 g/mol. The second kappa shape index (κ2) is 5.43. The summed E-state index contributed by atoms with van der Waals surface area (Å²) in [5, 5.41) is 4.12. The Morgan fingerprint density at radius 3 is 2.84 bits per heavy atom. The van der Waals surface area contributed by atoms with E-state index in [1.165, 1.54) is 7.11 Å². The summed E-state index contributed by atoms with van der Waals surface area (Å²) in [6, 6.07) is 6.62. The number of nitrogens with zero attached hydrogens (tertiary/aromatic N) is 2.